The minimum atomic E-state index is -0.922. The van der Waals surface area contributed by atoms with Crippen LogP contribution in [0.2, 0.25) is 0 Å². The number of rotatable bonds is 4. The van der Waals surface area contributed by atoms with Crippen LogP contribution >= 0.6 is 0 Å². The van der Waals surface area contributed by atoms with Crippen molar-refractivity contribution in [2.45, 2.75) is 26.4 Å². The van der Waals surface area contributed by atoms with Crippen molar-refractivity contribution in [1.29, 1.82) is 0 Å². The van der Waals surface area contributed by atoms with E-state index in [1.165, 1.54) is 6.33 Å². The minimum Gasteiger partial charge on any atom is -0.478 e. The lowest BCUT2D eigenvalue weighted by Gasteiger charge is -2.09. The van der Waals surface area contributed by atoms with Crippen LogP contribution in [0.3, 0.4) is 0 Å². The zero-order chi connectivity index (χ0) is 12.4. The van der Waals surface area contributed by atoms with Crippen LogP contribution in [0.4, 0.5) is 0 Å². The number of aromatic carboxylic acids is 1. The monoisotopic (exact) mass is 234 g/mol. The fourth-order valence-corrected chi connectivity index (χ4v) is 1.65. The number of aromatic nitrogens is 4. The molecule has 0 unspecified atom stereocenters. The van der Waals surface area contributed by atoms with Gasteiger partial charge in [-0.3, -0.25) is 0 Å². The first-order valence-electron chi connectivity index (χ1n) is 5.35. The van der Waals surface area contributed by atoms with Crippen LogP contribution in [0.5, 0.6) is 0 Å². The van der Waals surface area contributed by atoms with Crippen LogP contribution in [0.25, 0.3) is 0 Å². The van der Waals surface area contributed by atoms with Crippen LogP contribution in [0.15, 0.2) is 24.8 Å². The third kappa shape index (κ3) is 2.35. The summed E-state index contributed by atoms with van der Waals surface area (Å²) in [5, 5.41) is 13.0. The second kappa shape index (κ2) is 4.40. The molecule has 0 aliphatic carbocycles. The van der Waals surface area contributed by atoms with E-state index in [1.54, 1.807) is 23.0 Å². The molecule has 0 bridgehead atoms. The van der Waals surface area contributed by atoms with Gasteiger partial charge in [0.2, 0.25) is 0 Å². The molecule has 0 amide bonds. The molecule has 2 rings (SSSR count). The zero-order valence-corrected chi connectivity index (χ0v) is 9.74. The average molecular weight is 234 g/mol. The van der Waals surface area contributed by atoms with E-state index >= 15 is 0 Å². The van der Waals surface area contributed by atoms with Gasteiger partial charge in [-0.2, -0.15) is 5.10 Å². The van der Waals surface area contributed by atoms with Crippen molar-refractivity contribution in [2.24, 2.45) is 0 Å². The molecule has 0 aromatic carbocycles. The van der Waals surface area contributed by atoms with Gasteiger partial charge < -0.3 is 9.67 Å². The summed E-state index contributed by atoms with van der Waals surface area (Å²) < 4.78 is 3.60. The van der Waals surface area contributed by atoms with Crippen molar-refractivity contribution in [1.82, 2.24) is 19.3 Å². The summed E-state index contributed by atoms with van der Waals surface area (Å²) >= 11 is 0. The molecule has 0 fully saturated rings. The Morgan fingerprint density at radius 2 is 2.29 bits per heavy atom. The van der Waals surface area contributed by atoms with Gasteiger partial charge in [-0.25, -0.2) is 14.5 Å². The normalized spacial score (nSPS) is 11.0. The van der Waals surface area contributed by atoms with E-state index in [1.807, 2.05) is 18.5 Å². The van der Waals surface area contributed by atoms with E-state index in [0.717, 1.165) is 5.82 Å². The largest absolute Gasteiger partial charge is 0.478 e. The van der Waals surface area contributed by atoms with E-state index in [4.69, 9.17) is 5.11 Å². The van der Waals surface area contributed by atoms with E-state index in [0.29, 0.717) is 6.54 Å². The highest BCUT2D eigenvalue weighted by Gasteiger charge is 2.09. The predicted molar refractivity (Wildman–Crippen MR) is 60.9 cm³/mol. The van der Waals surface area contributed by atoms with Crippen molar-refractivity contribution in [3.05, 3.63) is 36.2 Å². The van der Waals surface area contributed by atoms with Crippen LogP contribution in [0, 0.1) is 0 Å². The van der Waals surface area contributed by atoms with Crippen molar-refractivity contribution in [3.63, 3.8) is 0 Å². The Balaban J connectivity index is 2.19. The molecule has 17 heavy (non-hydrogen) atoms. The molecule has 0 spiro atoms. The van der Waals surface area contributed by atoms with Crippen molar-refractivity contribution in [3.8, 4) is 0 Å². The third-order valence-corrected chi connectivity index (χ3v) is 2.46. The Morgan fingerprint density at radius 3 is 2.88 bits per heavy atom. The highest BCUT2D eigenvalue weighted by molar-refractivity contribution is 5.87. The van der Waals surface area contributed by atoms with Crippen molar-refractivity contribution < 1.29 is 9.90 Å². The highest BCUT2D eigenvalue weighted by Crippen LogP contribution is 2.08. The van der Waals surface area contributed by atoms with Gasteiger partial charge in [0.15, 0.2) is 0 Å². The molecule has 0 aliphatic heterocycles. The molecule has 0 saturated carbocycles. The summed E-state index contributed by atoms with van der Waals surface area (Å²) in [7, 11) is 0. The van der Waals surface area contributed by atoms with Crippen molar-refractivity contribution in [2.75, 3.05) is 0 Å². The Labute approximate surface area is 98.5 Å². The van der Waals surface area contributed by atoms with Crippen molar-refractivity contribution >= 4 is 5.97 Å². The number of hydrogen-bond donors (Lipinski definition) is 1. The Hall–Kier alpha value is -2.11. The van der Waals surface area contributed by atoms with Crippen LogP contribution in [0.1, 0.15) is 36.1 Å². The molecule has 2 aromatic heterocycles. The lowest BCUT2D eigenvalue weighted by Crippen LogP contribution is -2.11. The fraction of sp³-hybridized carbons (Fsp3) is 0.364. The quantitative estimate of drug-likeness (QED) is 0.868. The summed E-state index contributed by atoms with van der Waals surface area (Å²) in [6.07, 6.45) is 4.82. The number of nitrogens with zero attached hydrogens (tertiary/aromatic N) is 4. The zero-order valence-electron chi connectivity index (χ0n) is 9.74. The molecule has 2 aromatic rings. The van der Waals surface area contributed by atoms with Crippen LogP contribution in [-0.4, -0.2) is 30.4 Å². The van der Waals surface area contributed by atoms with Crippen LogP contribution in [-0.2, 0) is 6.54 Å². The highest BCUT2D eigenvalue weighted by atomic mass is 16.4. The summed E-state index contributed by atoms with van der Waals surface area (Å²) in [6, 6.07) is 1.81. The molecule has 0 saturated heterocycles. The van der Waals surface area contributed by atoms with Gasteiger partial charge in [0.1, 0.15) is 12.2 Å². The van der Waals surface area contributed by atoms with Gasteiger partial charge in [-0.05, 0) is 19.9 Å². The second-order valence-electron chi connectivity index (χ2n) is 4.09. The molecular formula is C11H14N4O2. The smallest absolute Gasteiger partial charge is 0.337 e. The van der Waals surface area contributed by atoms with E-state index < -0.39 is 5.97 Å². The maximum atomic E-state index is 10.7. The molecule has 90 valence electrons. The summed E-state index contributed by atoms with van der Waals surface area (Å²) in [4.78, 5) is 14.9. The molecule has 1 N–H and O–H groups in total. The van der Waals surface area contributed by atoms with E-state index in [-0.39, 0.29) is 11.6 Å². The van der Waals surface area contributed by atoms with Gasteiger partial charge in [0.25, 0.3) is 0 Å². The van der Waals surface area contributed by atoms with Gasteiger partial charge >= 0.3 is 5.97 Å². The third-order valence-electron chi connectivity index (χ3n) is 2.46. The molecule has 0 aliphatic rings. The second-order valence-corrected chi connectivity index (χ2v) is 4.09. The van der Waals surface area contributed by atoms with Gasteiger partial charge in [0, 0.05) is 18.4 Å². The van der Waals surface area contributed by atoms with Gasteiger partial charge in [-0.1, -0.05) is 0 Å². The summed E-state index contributed by atoms with van der Waals surface area (Å²) in [5.41, 5.74) is 0.278. The summed E-state index contributed by atoms with van der Waals surface area (Å²) in [5.74, 6) is -0.110. The lowest BCUT2D eigenvalue weighted by atomic mass is 10.3. The number of carbonyl (C=O) groups is 1. The average Bonchev–Trinajstić information content (AvgIpc) is 2.86. The first kappa shape index (κ1) is 11.4. The number of hydrogen-bond acceptors (Lipinski definition) is 3. The predicted octanol–water partition coefficient (Wildman–Crippen LogP) is 1.41. The Bertz CT molecular complexity index is 527. The van der Waals surface area contributed by atoms with Crippen LogP contribution < -0.4 is 0 Å². The van der Waals surface area contributed by atoms with Gasteiger partial charge in [-0.15, -0.1) is 0 Å². The number of carboxylic acids is 1. The SMILES string of the molecule is CC(C)n1ncnc1Cn1ccc(C(=O)O)c1. The minimum absolute atomic E-state index is 0.238. The van der Waals surface area contributed by atoms with E-state index in [2.05, 4.69) is 10.1 Å². The fourth-order valence-electron chi connectivity index (χ4n) is 1.65. The molecule has 6 nitrogen and oxygen atoms in total. The maximum absolute atomic E-state index is 10.7. The Morgan fingerprint density at radius 1 is 1.53 bits per heavy atom. The van der Waals surface area contributed by atoms with E-state index in [9.17, 15) is 4.79 Å². The Kier molecular flexibility index (Phi) is 2.95. The first-order valence-corrected chi connectivity index (χ1v) is 5.35. The maximum Gasteiger partial charge on any atom is 0.337 e. The topological polar surface area (TPSA) is 72.9 Å². The molecule has 0 radical (unpaired) electrons. The number of carboxylic acid groups (broad SMARTS) is 1. The molecule has 6 heteroatoms. The lowest BCUT2D eigenvalue weighted by molar-refractivity contribution is 0.0697. The molecule has 2 heterocycles. The first-order chi connectivity index (χ1) is 8.08. The summed E-state index contributed by atoms with van der Waals surface area (Å²) in [6.45, 7) is 4.57. The van der Waals surface area contributed by atoms with Gasteiger partial charge in [0.05, 0.1) is 12.1 Å². The molecule has 0 atom stereocenters. The standard InChI is InChI=1S/C11H14N4O2/c1-8(2)15-10(12-7-13-15)6-14-4-3-9(5-14)11(16)17/h3-5,7-8H,6H2,1-2H3,(H,16,17). The molecular weight excluding hydrogens is 220 g/mol.